The van der Waals surface area contributed by atoms with Gasteiger partial charge in [-0.2, -0.15) is 18.3 Å². The van der Waals surface area contributed by atoms with E-state index in [2.05, 4.69) is 10.1 Å². The third kappa shape index (κ3) is 5.88. The molecule has 44 heavy (non-hydrogen) atoms. The van der Waals surface area contributed by atoms with Crippen LogP contribution in [0.4, 0.5) is 13.2 Å². The van der Waals surface area contributed by atoms with E-state index >= 15 is 0 Å². The van der Waals surface area contributed by atoms with Crippen LogP contribution in [0.15, 0.2) is 59.6 Å². The van der Waals surface area contributed by atoms with Crippen LogP contribution in [-0.4, -0.2) is 89.5 Å². The van der Waals surface area contributed by atoms with E-state index in [9.17, 15) is 31.5 Å². The highest BCUT2D eigenvalue weighted by Crippen LogP contribution is 2.37. The summed E-state index contributed by atoms with van der Waals surface area (Å²) in [4.78, 5) is 22.0. The molecule has 3 heterocycles. The van der Waals surface area contributed by atoms with Crippen LogP contribution in [0.5, 0.6) is 5.75 Å². The number of carbonyl (C=O) groups excluding carboxylic acids is 1. The third-order valence-corrected chi connectivity index (χ3v) is 9.06. The maximum atomic E-state index is 14.3. The molecule has 0 spiro atoms. The minimum atomic E-state index is -4.77. The second-order valence-corrected chi connectivity index (χ2v) is 12.9. The molecular weight excluding hydrogens is 599 g/mol. The summed E-state index contributed by atoms with van der Waals surface area (Å²) in [5.41, 5.74) is -0.309. The number of sulfone groups is 1. The Balaban J connectivity index is 1.47. The first-order valence-electron chi connectivity index (χ1n) is 13.8. The summed E-state index contributed by atoms with van der Waals surface area (Å²) in [5, 5.41) is 14.2. The Labute approximate surface area is 252 Å². The number of benzene rings is 2. The van der Waals surface area contributed by atoms with Crippen LogP contribution in [0.3, 0.4) is 0 Å². The summed E-state index contributed by atoms with van der Waals surface area (Å²) >= 11 is 0. The summed E-state index contributed by atoms with van der Waals surface area (Å²) in [6.07, 6.45) is -2.55. The van der Waals surface area contributed by atoms with Crippen LogP contribution in [0.2, 0.25) is 0 Å². The molecule has 0 aliphatic carbocycles. The van der Waals surface area contributed by atoms with Gasteiger partial charge in [-0.3, -0.25) is 9.69 Å². The molecule has 2 atom stereocenters. The maximum absolute atomic E-state index is 14.3. The number of nitrogens with zero attached hydrogens (tertiary/aromatic N) is 5. The van der Waals surface area contributed by atoms with Crippen LogP contribution in [0, 0.1) is 6.92 Å². The van der Waals surface area contributed by atoms with E-state index in [0.717, 1.165) is 12.5 Å². The monoisotopic (exact) mass is 631 g/mol. The molecule has 1 amide bonds. The molecule has 1 N–H and O–H groups in total. The predicted molar refractivity (Wildman–Crippen MR) is 156 cm³/mol. The molecular formula is C30H32F3N5O5S. The number of piperazine rings is 1. The van der Waals surface area contributed by atoms with Crippen molar-refractivity contribution in [3.05, 3.63) is 77.1 Å². The molecule has 4 aromatic rings. The largest absolute Gasteiger partial charge is 0.497 e. The molecule has 1 aliphatic rings. The molecule has 2 aromatic heterocycles. The maximum Gasteiger partial charge on any atom is 0.433 e. The molecule has 234 valence electrons. The van der Waals surface area contributed by atoms with Crippen molar-refractivity contribution >= 4 is 21.4 Å². The van der Waals surface area contributed by atoms with Crippen molar-refractivity contribution < 1.29 is 36.2 Å². The van der Waals surface area contributed by atoms with Crippen LogP contribution in [0.1, 0.15) is 40.1 Å². The van der Waals surface area contributed by atoms with Gasteiger partial charge in [-0.15, -0.1) is 0 Å². The van der Waals surface area contributed by atoms with Crippen LogP contribution < -0.4 is 4.74 Å². The van der Waals surface area contributed by atoms with Gasteiger partial charge in [0.15, 0.2) is 21.2 Å². The number of ether oxygens (including phenoxy) is 1. The average molecular weight is 632 g/mol. The molecule has 1 fully saturated rings. The molecule has 2 aromatic carbocycles. The van der Waals surface area contributed by atoms with Crippen molar-refractivity contribution in [2.45, 2.75) is 37.0 Å². The van der Waals surface area contributed by atoms with Crippen LogP contribution in [0.25, 0.3) is 16.9 Å². The van der Waals surface area contributed by atoms with Gasteiger partial charge in [0.25, 0.3) is 5.91 Å². The molecule has 14 heteroatoms. The van der Waals surface area contributed by atoms with Crippen LogP contribution in [-0.2, 0) is 16.0 Å². The fourth-order valence-corrected chi connectivity index (χ4v) is 6.37. The van der Waals surface area contributed by atoms with Crippen molar-refractivity contribution in [2.75, 3.05) is 39.6 Å². The lowest BCUT2D eigenvalue weighted by Crippen LogP contribution is -2.55. The van der Waals surface area contributed by atoms with Gasteiger partial charge in [0, 0.05) is 43.1 Å². The fraction of sp³-hybridized carbons (Fsp3) is 0.367. The van der Waals surface area contributed by atoms with Gasteiger partial charge in [-0.1, -0.05) is 12.1 Å². The minimum Gasteiger partial charge on any atom is -0.497 e. The first kappa shape index (κ1) is 31.4. The summed E-state index contributed by atoms with van der Waals surface area (Å²) in [7, 11) is -1.97. The number of halogens is 3. The van der Waals surface area contributed by atoms with Gasteiger partial charge in [0.2, 0.25) is 0 Å². The van der Waals surface area contributed by atoms with Gasteiger partial charge in [0.05, 0.1) is 36.5 Å². The highest BCUT2D eigenvalue weighted by Gasteiger charge is 2.40. The van der Waals surface area contributed by atoms with Crippen molar-refractivity contribution in [1.82, 2.24) is 24.4 Å². The lowest BCUT2D eigenvalue weighted by molar-refractivity contribution is -0.143. The zero-order chi connectivity index (χ0) is 32.0. The van der Waals surface area contributed by atoms with Crippen molar-refractivity contribution in [3.63, 3.8) is 0 Å². The number of hydrogen-bond donors (Lipinski definition) is 1. The molecule has 10 nitrogen and oxygen atoms in total. The lowest BCUT2D eigenvalue weighted by Gasteiger charge is -2.43. The zero-order valence-corrected chi connectivity index (χ0v) is 25.4. The number of aliphatic hydroxyl groups excluding tert-OH is 1. The number of fused-ring (bicyclic) bond motifs is 1. The average Bonchev–Trinajstić information content (AvgIpc) is 3.39. The highest BCUT2D eigenvalue weighted by atomic mass is 32.2. The Kier molecular flexibility index (Phi) is 8.44. The summed E-state index contributed by atoms with van der Waals surface area (Å²) in [6.45, 7) is 3.72. The van der Waals surface area contributed by atoms with Crippen molar-refractivity contribution in [1.29, 1.82) is 0 Å². The van der Waals surface area contributed by atoms with Gasteiger partial charge in [-0.25, -0.2) is 17.9 Å². The molecule has 0 radical (unpaired) electrons. The van der Waals surface area contributed by atoms with E-state index in [1.807, 2.05) is 4.90 Å². The van der Waals surface area contributed by atoms with Gasteiger partial charge in [-0.05, 0) is 55.8 Å². The predicted octanol–water partition coefficient (Wildman–Crippen LogP) is 4.02. The van der Waals surface area contributed by atoms with E-state index in [1.165, 1.54) is 26.2 Å². The molecule has 0 bridgehead atoms. The Morgan fingerprint density at radius 1 is 1.16 bits per heavy atom. The molecule has 1 aliphatic heterocycles. The van der Waals surface area contributed by atoms with E-state index < -0.39 is 39.7 Å². The van der Waals surface area contributed by atoms with Gasteiger partial charge < -0.3 is 14.7 Å². The summed E-state index contributed by atoms with van der Waals surface area (Å²) < 4.78 is 73.0. The van der Waals surface area contributed by atoms with E-state index in [1.54, 1.807) is 48.2 Å². The number of rotatable bonds is 7. The summed E-state index contributed by atoms with van der Waals surface area (Å²) in [5.74, 6) is 0.0142. The number of methoxy groups -OCH3 is 1. The zero-order valence-electron chi connectivity index (χ0n) is 24.5. The van der Waals surface area contributed by atoms with Gasteiger partial charge in [0.1, 0.15) is 11.3 Å². The molecule has 0 unspecified atom stereocenters. The standard InChI is InChI=1S/C30H32F3N5O5S/c1-18-16-36(25(17-39)21-6-5-7-23(14-21)44(4,41)42)12-13-37(18)29(40)24-15-34-38-27(30(31,32)33)19(2)26(35-28(24)38)20-8-10-22(43-3)11-9-20/h5-11,14-15,18,25,39H,12-13,16-17H2,1-4H3/t18-,25-/m1/s1. The van der Waals surface area contributed by atoms with Gasteiger partial charge >= 0.3 is 6.18 Å². The second kappa shape index (κ2) is 11.8. The van der Waals surface area contributed by atoms with Crippen molar-refractivity contribution in [2.24, 2.45) is 0 Å². The molecule has 0 saturated carbocycles. The first-order valence-corrected chi connectivity index (χ1v) is 15.7. The number of carbonyl (C=O) groups is 1. The minimum absolute atomic E-state index is 0.0647. The Morgan fingerprint density at radius 3 is 2.45 bits per heavy atom. The topological polar surface area (TPSA) is 117 Å². The number of aromatic nitrogens is 3. The number of aliphatic hydroxyl groups is 1. The SMILES string of the molecule is COc1ccc(-c2nc3c(C(=O)N4CCN([C@H](CO)c5cccc(S(C)(=O)=O)c5)C[C@H]4C)cnn3c(C(F)(F)F)c2C)cc1. The number of alkyl halides is 3. The quantitative estimate of drug-likeness (QED) is 0.325. The van der Waals surface area contributed by atoms with Crippen LogP contribution >= 0.6 is 0 Å². The lowest BCUT2D eigenvalue weighted by atomic mass is 10.0. The smallest absolute Gasteiger partial charge is 0.433 e. The Bertz CT molecular complexity index is 1810. The van der Waals surface area contributed by atoms with E-state index in [-0.39, 0.29) is 40.5 Å². The summed E-state index contributed by atoms with van der Waals surface area (Å²) in [6, 6.07) is 11.9. The Morgan fingerprint density at radius 2 is 1.86 bits per heavy atom. The third-order valence-electron chi connectivity index (χ3n) is 7.95. The first-order chi connectivity index (χ1) is 20.7. The fourth-order valence-electron chi connectivity index (χ4n) is 5.70. The second-order valence-electron chi connectivity index (χ2n) is 10.8. The number of hydrogen-bond acceptors (Lipinski definition) is 8. The Hall–Kier alpha value is -4.01. The van der Waals surface area contributed by atoms with E-state index in [4.69, 9.17) is 4.74 Å². The van der Waals surface area contributed by atoms with E-state index in [0.29, 0.717) is 34.5 Å². The van der Waals surface area contributed by atoms with Crippen molar-refractivity contribution in [3.8, 4) is 17.0 Å². The normalized spacial score (nSPS) is 17.2. The number of amides is 1. The molecule has 5 rings (SSSR count). The molecule has 1 saturated heterocycles. The highest BCUT2D eigenvalue weighted by molar-refractivity contribution is 7.90.